The van der Waals surface area contributed by atoms with Crippen molar-refractivity contribution in [1.29, 1.82) is 0 Å². The van der Waals surface area contributed by atoms with Crippen LogP contribution in [-0.4, -0.2) is 40.1 Å². The second-order valence-electron chi connectivity index (χ2n) is 9.56. The van der Waals surface area contributed by atoms with Gasteiger partial charge in [-0.3, -0.25) is 9.69 Å². The summed E-state index contributed by atoms with van der Waals surface area (Å²) < 4.78 is 5.72. The van der Waals surface area contributed by atoms with E-state index in [0.29, 0.717) is 11.7 Å². The zero-order valence-corrected chi connectivity index (χ0v) is 19.0. The van der Waals surface area contributed by atoms with Crippen molar-refractivity contribution in [3.63, 3.8) is 0 Å². The molecule has 1 saturated heterocycles. The molecule has 2 aromatic carbocycles. The molecule has 2 fully saturated rings. The largest absolute Gasteiger partial charge is 0.349 e. The summed E-state index contributed by atoms with van der Waals surface area (Å²) in [6.45, 7) is 8.71. The molecule has 0 radical (unpaired) electrons. The number of fused-ring (bicyclic) bond motifs is 1. The Kier molecular flexibility index (Phi) is 5.33. The highest BCUT2D eigenvalue weighted by molar-refractivity contribution is 5.94. The molecule has 32 heavy (non-hydrogen) atoms. The number of benzene rings is 2. The Morgan fingerprint density at radius 3 is 2.69 bits per heavy atom. The van der Waals surface area contributed by atoms with Crippen molar-refractivity contribution in [3.8, 4) is 0 Å². The molecule has 0 spiro atoms. The summed E-state index contributed by atoms with van der Waals surface area (Å²) in [5, 5.41) is 7.37. The summed E-state index contributed by atoms with van der Waals surface area (Å²) in [5.41, 5.74) is 4.15. The van der Waals surface area contributed by atoms with Crippen molar-refractivity contribution < 1.29 is 9.32 Å². The molecule has 5 rings (SSSR count). The highest BCUT2D eigenvalue weighted by Gasteiger charge is 2.57. The number of amides is 1. The van der Waals surface area contributed by atoms with Gasteiger partial charge in [-0.2, -0.15) is 4.98 Å². The normalized spacial score (nSPS) is 25.1. The average molecular weight is 431 g/mol. The van der Waals surface area contributed by atoms with Crippen molar-refractivity contribution in [2.24, 2.45) is 5.92 Å². The molecule has 6 heteroatoms. The van der Waals surface area contributed by atoms with Gasteiger partial charge in [0, 0.05) is 31.2 Å². The topological polar surface area (TPSA) is 71.3 Å². The minimum Gasteiger partial charge on any atom is -0.349 e. The minimum absolute atomic E-state index is 0.00363. The number of likely N-dealkylation sites (tertiary alicyclic amines) is 1. The number of carbonyl (C=O) groups excluding carboxylic acids is 1. The van der Waals surface area contributed by atoms with E-state index in [1.807, 2.05) is 38.1 Å². The summed E-state index contributed by atoms with van der Waals surface area (Å²) in [5.74, 6) is 1.75. The Morgan fingerprint density at radius 2 is 1.97 bits per heavy atom. The molecule has 1 aromatic heterocycles. The quantitative estimate of drug-likeness (QED) is 0.664. The Labute approximate surface area is 189 Å². The molecule has 0 bridgehead atoms. The number of aryl methyl sites for hydroxylation is 3. The summed E-state index contributed by atoms with van der Waals surface area (Å²) in [4.78, 5) is 20.1. The summed E-state index contributed by atoms with van der Waals surface area (Å²) in [6, 6.07) is 16.6. The van der Waals surface area contributed by atoms with Crippen molar-refractivity contribution >= 4 is 5.91 Å². The molecule has 3 unspecified atom stereocenters. The highest BCUT2D eigenvalue weighted by Crippen LogP contribution is 2.50. The smallest absolute Gasteiger partial charge is 0.251 e. The zero-order valence-electron chi connectivity index (χ0n) is 19.0. The number of nitrogens with zero attached hydrogens (tertiary/aromatic N) is 3. The molecule has 1 amide bonds. The van der Waals surface area contributed by atoms with Crippen LogP contribution in [0.2, 0.25) is 0 Å². The molecule has 1 aliphatic carbocycles. The third kappa shape index (κ3) is 3.84. The maximum Gasteiger partial charge on any atom is 0.251 e. The monoisotopic (exact) mass is 430 g/mol. The summed E-state index contributed by atoms with van der Waals surface area (Å²) in [7, 11) is 0. The first kappa shape index (κ1) is 20.9. The second-order valence-corrected chi connectivity index (χ2v) is 9.56. The molecule has 2 aliphatic rings. The van der Waals surface area contributed by atoms with E-state index in [1.54, 1.807) is 0 Å². The zero-order chi connectivity index (χ0) is 22.3. The highest BCUT2D eigenvalue weighted by atomic mass is 16.5. The molecule has 3 aromatic rings. The molecular weight excluding hydrogens is 400 g/mol. The van der Waals surface area contributed by atoms with Crippen LogP contribution in [0.5, 0.6) is 0 Å². The van der Waals surface area contributed by atoms with Crippen molar-refractivity contribution in [1.82, 2.24) is 20.4 Å². The SMILES string of the molecule is Cc1noc(C23CC(NC(=O)c4ccc(C)c(C)c4)CC2CN(Cc2ccccc2)C3)n1. The second kappa shape index (κ2) is 8.17. The van der Waals surface area contributed by atoms with Crippen LogP contribution >= 0.6 is 0 Å². The maximum absolute atomic E-state index is 13.0. The molecule has 1 N–H and O–H groups in total. The predicted molar refractivity (Wildman–Crippen MR) is 122 cm³/mol. The fourth-order valence-corrected chi connectivity index (χ4v) is 5.53. The van der Waals surface area contributed by atoms with E-state index < -0.39 is 0 Å². The molecule has 3 atom stereocenters. The Hall–Kier alpha value is -2.99. The first-order chi connectivity index (χ1) is 15.4. The lowest BCUT2D eigenvalue weighted by Crippen LogP contribution is -2.38. The van der Waals surface area contributed by atoms with Crippen LogP contribution in [0.3, 0.4) is 0 Å². The number of rotatable bonds is 5. The van der Waals surface area contributed by atoms with Crippen molar-refractivity contribution in [2.75, 3.05) is 13.1 Å². The van der Waals surface area contributed by atoms with Gasteiger partial charge >= 0.3 is 0 Å². The van der Waals surface area contributed by atoms with E-state index in [-0.39, 0.29) is 17.4 Å². The van der Waals surface area contributed by atoms with Crippen LogP contribution in [0.4, 0.5) is 0 Å². The lowest BCUT2D eigenvalue weighted by molar-refractivity contribution is 0.0933. The third-order valence-corrected chi connectivity index (χ3v) is 7.25. The van der Waals surface area contributed by atoms with Gasteiger partial charge in [0.25, 0.3) is 5.91 Å². The van der Waals surface area contributed by atoms with Gasteiger partial charge in [-0.05, 0) is 68.4 Å². The van der Waals surface area contributed by atoms with Crippen LogP contribution in [0, 0.1) is 26.7 Å². The van der Waals surface area contributed by atoms with E-state index in [0.717, 1.165) is 49.5 Å². The maximum atomic E-state index is 13.0. The number of nitrogens with one attached hydrogen (secondary N) is 1. The van der Waals surface area contributed by atoms with E-state index >= 15 is 0 Å². The van der Waals surface area contributed by atoms with Gasteiger partial charge in [0.05, 0.1) is 5.41 Å². The van der Waals surface area contributed by atoms with E-state index in [2.05, 4.69) is 51.5 Å². The van der Waals surface area contributed by atoms with E-state index in [9.17, 15) is 4.79 Å². The van der Waals surface area contributed by atoms with Crippen LogP contribution in [0.15, 0.2) is 53.1 Å². The van der Waals surface area contributed by atoms with Gasteiger partial charge in [0.1, 0.15) is 0 Å². The van der Waals surface area contributed by atoms with Gasteiger partial charge in [-0.15, -0.1) is 0 Å². The molecule has 1 aliphatic heterocycles. The Bertz CT molecular complexity index is 1130. The molecule has 6 nitrogen and oxygen atoms in total. The lowest BCUT2D eigenvalue weighted by Gasteiger charge is -2.25. The van der Waals surface area contributed by atoms with E-state index in [4.69, 9.17) is 4.52 Å². The van der Waals surface area contributed by atoms with Crippen LogP contribution in [0.25, 0.3) is 0 Å². The number of carbonyl (C=O) groups is 1. The standard InChI is InChI=1S/C26H30N4O2/c1-17-9-10-21(11-18(17)2)24(31)28-23-12-22-15-30(14-20-7-5-4-6-8-20)16-26(22,13-23)25-27-19(3)29-32-25/h4-11,22-23H,12-16H2,1-3H3,(H,28,31). The molecule has 166 valence electrons. The van der Waals surface area contributed by atoms with Crippen molar-refractivity contribution in [2.45, 2.75) is 51.6 Å². The lowest BCUT2D eigenvalue weighted by atomic mass is 9.80. The average Bonchev–Trinajstić information content (AvgIpc) is 3.43. The van der Waals surface area contributed by atoms with Gasteiger partial charge in [0.2, 0.25) is 5.89 Å². The molecular formula is C26H30N4O2. The minimum atomic E-state index is -0.211. The number of aromatic nitrogens is 2. The van der Waals surface area contributed by atoms with Crippen LogP contribution in [0.1, 0.15) is 51.6 Å². The van der Waals surface area contributed by atoms with Crippen molar-refractivity contribution in [3.05, 3.63) is 82.5 Å². The molecule has 2 heterocycles. The first-order valence-corrected chi connectivity index (χ1v) is 11.4. The number of hydrogen-bond acceptors (Lipinski definition) is 5. The van der Waals surface area contributed by atoms with Gasteiger partial charge in [0.15, 0.2) is 5.82 Å². The number of hydrogen-bond donors (Lipinski definition) is 1. The van der Waals surface area contributed by atoms with Gasteiger partial charge < -0.3 is 9.84 Å². The Balaban J connectivity index is 1.34. The Morgan fingerprint density at radius 1 is 1.16 bits per heavy atom. The summed E-state index contributed by atoms with van der Waals surface area (Å²) >= 11 is 0. The van der Waals surface area contributed by atoms with Gasteiger partial charge in [-0.25, -0.2) is 0 Å². The molecule has 1 saturated carbocycles. The first-order valence-electron chi connectivity index (χ1n) is 11.4. The fourth-order valence-electron chi connectivity index (χ4n) is 5.53. The van der Waals surface area contributed by atoms with Crippen LogP contribution < -0.4 is 5.32 Å². The van der Waals surface area contributed by atoms with Crippen LogP contribution in [-0.2, 0) is 12.0 Å². The van der Waals surface area contributed by atoms with E-state index in [1.165, 1.54) is 11.1 Å². The summed E-state index contributed by atoms with van der Waals surface area (Å²) in [6.07, 6.45) is 1.74. The fraction of sp³-hybridized carbons (Fsp3) is 0.423. The predicted octanol–water partition coefficient (Wildman–Crippen LogP) is 3.96. The van der Waals surface area contributed by atoms with Gasteiger partial charge in [-0.1, -0.05) is 41.6 Å². The third-order valence-electron chi connectivity index (χ3n) is 7.25.